The Bertz CT molecular complexity index is 282. The molecule has 0 bridgehead atoms. The van der Waals surface area contributed by atoms with Crippen molar-refractivity contribution in [3.05, 3.63) is 23.2 Å². The summed E-state index contributed by atoms with van der Waals surface area (Å²) in [6.45, 7) is 2.08. The molecule has 2 rings (SSSR count). The van der Waals surface area contributed by atoms with Crippen molar-refractivity contribution in [2.24, 2.45) is 0 Å². The summed E-state index contributed by atoms with van der Waals surface area (Å²) in [5.74, 6) is 0. The van der Waals surface area contributed by atoms with Crippen LogP contribution in [0.15, 0.2) is 18.3 Å². The summed E-state index contributed by atoms with van der Waals surface area (Å²) >= 11 is 1.72. The molecule has 0 aromatic carbocycles. The minimum atomic E-state index is 0.579. The lowest BCUT2D eigenvalue weighted by Gasteiger charge is -2.09. The molecule has 3 heteroatoms. The van der Waals surface area contributed by atoms with E-state index in [0.717, 1.165) is 18.0 Å². The van der Waals surface area contributed by atoms with Crippen LogP contribution in [0.5, 0.6) is 0 Å². The first-order chi connectivity index (χ1) is 5.84. The Morgan fingerprint density at radius 1 is 1.50 bits per heavy atom. The van der Waals surface area contributed by atoms with Crippen molar-refractivity contribution in [1.82, 2.24) is 4.98 Å². The van der Waals surface area contributed by atoms with Crippen molar-refractivity contribution in [3.63, 3.8) is 0 Å². The predicted octanol–water partition coefficient (Wildman–Crippen LogP) is 2.58. The Balaban J connectivity index is 1.95. The largest absolute Gasteiger partial charge is 0.358 e. The average molecular weight is 180 g/mol. The monoisotopic (exact) mass is 180 g/mol. The van der Waals surface area contributed by atoms with E-state index in [-0.39, 0.29) is 0 Å². The summed E-state index contributed by atoms with van der Waals surface area (Å²) < 4.78 is 0. The molecule has 0 radical (unpaired) electrons. The van der Waals surface area contributed by atoms with Crippen molar-refractivity contribution < 1.29 is 0 Å². The summed E-state index contributed by atoms with van der Waals surface area (Å²) in [6, 6.07) is 0.579. The lowest BCUT2D eigenvalue weighted by atomic mass is 10.2. The number of nitrogens with zero attached hydrogens (tertiary/aromatic N) is 1. The molecule has 0 spiro atoms. The molecule has 0 saturated carbocycles. The summed E-state index contributed by atoms with van der Waals surface area (Å²) in [5, 5.41) is 4.46. The predicted molar refractivity (Wildman–Crippen MR) is 52.6 cm³/mol. The van der Waals surface area contributed by atoms with Gasteiger partial charge in [0.05, 0.1) is 0 Å². The van der Waals surface area contributed by atoms with Gasteiger partial charge in [0.1, 0.15) is 0 Å². The van der Waals surface area contributed by atoms with Gasteiger partial charge in [-0.15, -0.1) is 11.3 Å². The van der Waals surface area contributed by atoms with Crippen molar-refractivity contribution in [1.29, 1.82) is 0 Å². The van der Waals surface area contributed by atoms with Crippen LogP contribution in [0.3, 0.4) is 0 Å². The first-order valence-corrected chi connectivity index (χ1v) is 5.00. The van der Waals surface area contributed by atoms with Crippen LogP contribution in [-0.4, -0.2) is 11.0 Å². The zero-order valence-electron chi connectivity index (χ0n) is 7.08. The molecule has 1 N–H and O–H groups in total. The van der Waals surface area contributed by atoms with Crippen molar-refractivity contribution in [2.75, 3.05) is 5.32 Å². The summed E-state index contributed by atoms with van der Waals surface area (Å²) in [6.07, 6.45) is 8.63. The van der Waals surface area contributed by atoms with E-state index in [1.807, 2.05) is 6.20 Å². The van der Waals surface area contributed by atoms with Crippen molar-refractivity contribution in [3.8, 4) is 0 Å². The molecule has 1 aliphatic carbocycles. The molecule has 64 valence electrons. The Labute approximate surface area is 76.3 Å². The van der Waals surface area contributed by atoms with E-state index >= 15 is 0 Å². The fourth-order valence-corrected chi connectivity index (χ4v) is 2.07. The van der Waals surface area contributed by atoms with Crippen LogP contribution >= 0.6 is 11.3 Å². The quantitative estimate of drug-likeness (QED) is 0.707. The lowest BCUT2D eigenvalue weighted by molar-refractivity contribution is 0.785. The first kappa shape index (κ1) is 7.80. The number of aryl methyl sites for hydroxylation is 1. The van der Waals surface area contributed by atoms with Crippen LogP contribution < -0.4 is 5.32 Å². The van der Waals surface area contributed by atoms with Gasteiger partial charge in [0, 0.05) is 17.1 Å². The van der Waals surface area contributed by atoms with E-state index in [4.69, 9.17) is 0 Å². The van der Waals surface area contributed by atoms with Gasteiger partial charge in [0.2, 0.25) is 0 Å². The highest BCUT2D eigenvalue weighted by Gasteiger charge is 2.10. The topological polar surface area (TPSA) is 24.9 Å². The molecule has 0 fully saturated rings. The molecule has 1 heterocycles. The zero-order chi connectivity index (χ0) is 8.39. The number of aromatic nitrogens is 1. The standard InChI is InChI=1S/C9H12N2S/c1-7-6-10-9(12-7)11-8-4-2-3-5-8/h2-3,6,8H,4-5H2,1H3,(H,10,11). The minimum absolute atomic E-state index is 0.579. The van der Waals surface area contributed by atoms with Crippen LogP contribution in [0.2, 0.25) is 0 Å². The maximum Gasteiger partial charge on any atom is 0.183 e. The summed E-state index contributed by atoms with van der Waals surface area (Å²) in [7, 11) is 0. The Morgan fingerprint density at radius 2 is 2.25 bits per heavy atom. The Morgan fingerprint density at radius 3 is 2.83 bits per heavy atom. The average Bonchev–Trinajstić information content (AvgIpc) is 2.63. The molecule has 0 saturated heterocycles. The molecule has 0 amide bonds. The van der Waals surface area contributed by atoms with Gasteiger partial charge in [0.25, 0.3) is 0 Å². The van der Waals surface area contributed by atoms with Gasteiger partial charge in [-0.1, -0.05) is 12.2 Å². The van der Waals surface area contributed by atoms with Gasteiger partial charge in [-0.3, -0.25) is 0 Å². The van der Waals surface area contributed by atoms with Gasteiger partial charge < -0.3 is 5.32 Å². The van der Waals surface area contributed by atoms with Crippen LogP contribution in [0, 0.1) is 6.92 Å². The lowest BCUT2D eigenvalue weighted by Crippen LogP contribution is -2.14. The molecule has 1 aromatic rings. The van der Waals surface area contributed by atoms with Crippen LogP contribution in [0.25, 0.3) is 0 Å². The van der Waals surface area contributed by atoms with Gasteiger partial charge in [0.15, 0.2) is 5.13 Å². The maximum atomic E-state index is 4.26. The van der Waals surface area contributed by atoms with Crippen molar-refractivity contribution >= 4 is 16.5 Å². The summed E-state index contributed by atoms with van der Waals surface area (Å²) in [4.78, 5) is 5.53. The molecule has 12 heavy (non-hydrogen) atoms. The van der Waals surface area contributed by atoms with Gasteiger partial charge in [-0.2, -0.15) is 0 Å². The molecule has 1 aliphatic rings. The summed E-state index contributed by atoms with van der Waals surface area (Å²) in [5.41, 5.74) is 0. The van der Waals surface area contributed by atoms with E-state index in [0.29, 0.717) is 6.04 Å². The van der Waals surface area contributed by atoms with E-state index in [1.54, 1.807) is 11.3 Å². The molecule has 1 aromatic heterocycles. The number of anilines is 1. The normalized spacial score (nSPS) is 17.1. The second kappa shape index (κ2) is 3.27. The van der Waals surface area contributed by atoms with Crippen molar-refractivity contribution in [2.45, 2.75) is 25.8 Å². The molecule has 0 aliphatic heterocycles. The van der Waals surface area contributed by atoms with Gasteiger partial charge in [-0.25, -0.2) is 4.98 Å². The first-order valence-electron chi connectivity index (χ1n) is 4.18. The minimum Gasteiger partial charge on any atom is -0.358 e. The molecule has 0 atom stereocenters. The third kappa shape index (κ3) is 1.67. The molecule has 2 nitrogen and oxygen atoms in total. The number of thiazole rings is 1. The number of hydrogen-bond acceptors (Lipinski definition) is 3. The third-order valence-corrected chi connectivity index (χ3v) is 2.80. The van der Waals surface area contributed by atoms with E-state index in [1.165, 1.54) is 4.88 Å². The van der Waals surface area contributed by atoms with Crippen LogP contribution in [0.4, 0.5) is 5.13 Å². The zero-order valence-corrected chi connectivity index (χ0v) is 7.90. The fraction of sp³-hybridized carbons (Fsp3) is 0.444. The molecular weight excluding hydrogens is 168 g/mol. The number of rotatable bonds is 2. The highest BCUT2D eigenvalue weighted by molar-refractivity contribution is 7.15. The third-order valence-electron chi connectivity index (χ3n) is 1.96. The SMILES string of the molecule is Cc1cnc(NC2CC=CC2)s1. The second-order valence-corrected chi connectivity index (χ2v) is 4.29. The maximum absolute atomic E-state index is 4.26. The highest BCUT2D eigenvalue weighted by atomic mass is 32.1. The van der Waals surface area contributed by atoms with E-state index < -0.39 is 0 Å². The second-order valence-electron chi connectivity index (χ2n) is 3.06. The smallest absolute Gasteiger partial charge is 0.183 e. The van der Waals surface area contributed by atoms with Crippen LogP contribution in [0.1, 0.15) is 17.7 Å². The van der Waals surface area contributed by atoms with E-state index in [9.17, 15) is 0 Å². The molecule has 0 unspecified atom stereocenters. The Hall–Kier alpha value is -0.830. The van der Waals surface area contributed by atoms with E-state index in [2.05, 4.69) is 29.4 Å². The number of hydrogen-bond donors (Lipinski definition) is 1. The van der Waals surface area contributed by atoms with Gasteiger partial charge >= 0.3 is 0 Å². The highest BCUT2D eigenvalue weighted by Crippen LogP contribution is 2.21. The fourth-order valence-electron chi connectivity index (χ4n) is 1.33. The van der Waals surface area contributed by atoms with Crippen LogP contribution in [-0.2, 0) is 0 Å². The Kier molecular flexibility index (Phi) is 2.13. The number of nitrogens with one attached hydrogen (secondary N) is 1. The molecular formula is C9H12N2S. The van der Waals surface area contributed by atoms with Gasteiger partial charge in [-0.05, 0) is 19.8 Å².